The van der Waals surface area contributed by atoms with Gasteiger partial charge in [0.05, 0.1) is 25.3 Å². The minimum atomic E-state index is -0.381. The second-order valence-corrected chi connectivity index (χ2v) is 9.29. The molecule has 1 saturated heterocycles. The summed E-state index contributed by atoms with van der Waals surface area (Å²) in [5, 5.41) is 7.27. The van der Waals surface area contributed by atoms with E-state index in [1.807, 2.05) is 31.2 Å². The van der Waals surface area contributed by atoms with Crippen molar-refractivity contribution in [3.8, 4) is 11.3 Å². The van der Waals surface area contributed by atoms with Crippen LogP contribution in [0.25, 0.3) is 11.3 Å². The Morgan fingerprint density at radius 1 is 1.14 bits per heavy atom. The van der Waals surface area contributed by atoms with E-state index in [0.29, 0.717) is 61.5 Å². The molecule has 7 nitrogen and oxygen atoms in total. The number of hydrogen-bond acceptors (Lipinski definition) is 5. The van der Waals surface area contributed by atoms with Crippen LogP contribution >= 0.6 is 0 Å². The highest BCUT2D eigenvalue weighted by Gasteiger charge is 2.28. The summed E-state index contributed by atoms with van der Waals surface area (Å²) >= 11 is 0. The van der Waals surface area contributed by atoms with Gasteiger partial charge in [-0.3, -0.25) is 0 Å². The molecule has 0 atom stereocenters. The van der Waals surface area contributed by atoms with Crippen LogP contribution in [0.2, 0.25) is 0 Å². The zero-order valence-corrected chi connectivity index (χ0v) is 20.6. The van der Waals surface area contributed by atoms with E-state index in [2.05, 4.69) is 29.2 Å². The lowest BCUT2D eigenvalue weighted by Gasteiger charge is -2.29. The molecule has 0 aliphatic carbocycles. The van der Waals surface area contributed by atoms with Gasteiger partial charge in [0.25, 0.3) is 0 Å². The number of aromatic nitrogens is 1. The Balaban J connectivity index is 1.68. The molecule has 1 aromatic heterocycles. The number of anilines is 2. The van der Waals surface area contributed by atoms with E-state index in [-0.39, 0.29) is 18.4 Å². The maximum absolute atomic E-state index is 14.8. The van der Waals surface area contributed by atoms with Crippen molar-refractivity contribution in [2.24, 2.45) is 5.92 Å². The van der Waals surface area contributed by atoms with Gasteiger partial charge in [0, 0.05) is 30.9 Å². The van der Waals surface area contributed by atoms with Crippen LogP contribution in [-0.2, 0) is 11.3 Å². The monoisotopic (exact) mass is 480 g/mol. The number of hydrogen-bond donors (Lipinski definition) is 1. The lowest BCUT2D eigenvalue weighted by molar-refractivity contribution is 0.120. The fraction of sp³-hybridized carbons (Fsp3) is 0.407. The van der Waals surface area contributed by atoms with Crippen LogP contribution in [0, 0.1) is 18.7 Å². The molecule has 0 bridgehead atoms. The van der Waals surface area contributed by atoms with Gasteiger partial charge in [-0.05, 0) is 43.5 Å². The third-order valence-corrected chi connectivity index (χ3v) is 6.11. The number of benzene rings is 2. The molecule has 0 spiro atoms. The van der Waals surface area contributed by atoms with E-state index in [4.69, 9.17) is 9.26 Å². The van der Waals surface area contributed by atoms with Crippen LogP contribution in [0.1, 0.15) is 31.4 Å². The third-order valence-electron chi connectivity index (χ3n) is 6.11. The van der Waals surface area contributed by atoms with E-state index >= 15 is 0 Å². The van der Waals surface area contributed by atoms with Crippen molar-refractivity contribution in [3.63, 3.8) is 0 Å². The molecule has 3 aromatic rings. The first-order chi connectivity index (χ1) is 16.9. The van der Waals surface area contributed by atoms with E-state index < -0.39 is 0 Å². The number of amides is 2. The minimum absolute atomic E-state index is 0.219. The Bertz CT molecular complexity index is 1120. The van der Waals surface area contributed by atoms with Gasteiger partial charge in [-0.2, -0.15) is 0 Å². The number of aryl methyl sites for hydroxylation is 1. The van der Waals surface area contributed by atoms with Gasteiger partial charge in [-0.15, -0.1) is 0 Å². The average molecular weight is 481 g/mol. The van der Waals surface area contributed by atoms with Crippen molar-refractivity contribution in [2.75, 3.05) is 43.1 Å². The van der Waals surface area contributed by atoms with Gasteiger partial charge >= 0.3 is 6.03 Å². The zero-order valence-electron chi connectivity index (χ0n) is 20.6. The summed E-state index contributed by atoms with van der Waals surface area (Å²) in [6.45, 7) is 9.45. The Morgan fingerprint density at radius 2 is 1.86 bits per heavy atom. The van der Waals surface area contributed by atoms with Crippen molar-refractivity contribution in [1.29, 1.82) is 0 Å². The molecule has 1 N–H and O–H groups in total. The predicted octanol–water partition coefficient (Wildman–Crippen LogP) is 5.71. The summed E-state index contributed by atoms with van der Waals surface area (Å²) in [5.41, 5.74) is 3.31. The molecule has 35 heavy (non-hydrogen) atoms. The van der Waals surface area contributed by atoms with Crippen LogP contribution in [0.5, 0.6) is 0 Å². The molecule has 0 radical (unpaired) electrons. The molecule has 1 aliphatic rings. The highest BCUT2D eigenvalue weighted by Crippen LogP contribution is 2.34. The smallest absolute Gasteiger partial charge is 0.322 e. The van der Waals surface area contributed by atoms with E-state index in [1.54, 1.807) is 23.1 Å². The van der Waals surface area contributed by atoms with E-state index in [1.165, 1.54) is 6.07 Å². The van der Waals surface area contributed by atoms with Crippen LogP contribution < -0.4 is 10.2 Å². The van der Waals surface area contributed by atoms with Crippen molar-refractivity contribution in [3.05, 3.63) is 65.5 Å². The number of morpholine rings is 1. The minimum Gasteiger partial charge on any atom is -0.378 e. The van der Waals surface area contributed by atoms with Crippen molar-refractivity contribution >= 4 is 17.6 Å². The molecule has 2 aromatic carbocycles. The molecule has 186 valence electrons. The fourth-order valence-electron chi connectivity index (χ4n) is 4.02. The summed E-state index contributed by atoms with van der Waals surface area (Å²) in [5.74, 6) is 0.592. The first-order valence-corrected chi connectivity index (χ1v) is 12.1. The average Bonchev–Trinajstić information content (AvgIpc) is 3.27. The molecular formula is C27H33FN4O3. The van der Waals surface area contributed by atoms with Gasteiger partial charge in [-0.25, -0.2) is 9.18 Å². The van der Waals surface area contributed by atoms with E-state index in [0.717, 1.165) is 17.7 Å². The van der Waals surface area contributed by atoms with Crippen LogP contribution in [0.3, 0.4) is 0 Å². The van der Waals surface area contributed by atoms with Gasteiger partial charge in [0.1, 0.15) is 11.5 Å². The van der Waals surface area contributed by atoms with Gasteiger partial charge in [-0.1, -0.05) is 48.8 Å². The molecule has 2 heterocycles. The van der Waals surface area contributed by atoms with Gasteiger partial charge in [0.15, 0.2) is 0 Å². The number of ether oxygens (including phenoxy) is 1. The third kappa shape index (κ3) is 6.19. The second kappa shape index (κ2) is 11.4. The Morgan fingerprint density at radius 3 is 2.54 bits per heavy atom. The maximum atomic E-state index is 14.8. The lowest BCUT2D eigenvalue weighted by atomic mass is 10.1. The van der Waals surface area contributed by atoms with Crippen molar-refractivity contribution in [2.45, 2.75) is 33.7 Å². The highest BCUT2D eigenvalue weighted by atomic mass is 19.1. The predicted molar refractivity (Wildman–Crippen MR) is 135 cm³/mol. The van der Waals surface area contributed by atoms with Crippen molar-refractivity contribution < 1.29 is 18.4 Å². The highest BCUT2D eigenvalue weighted by molar-refractivity contribution is 5.89. The number of nitrogens with zero attached hydrogens (tertiary/aromatic N) is 3. The Hall–Kier alpha value is -3.39. The van der Waals surface area contributed by atoms with Gasteiger partial charge < -0.3 is 24.4 Å². The van der Waals surface area contributed by atoms with Crippen LogP contribution in [0.15, 0.2) is 53.1 Å². The summed E-state index contributed by atoms with van der Waals surface area (Å²) in [6.07, 6.45) is 0.828. The first kappa shape index (κ1) is 24.7. The Labute approximate surface area is 205 Å². The lowest BCUT2D eigenvalue weighted by Crippen LogP contribution is -2.38. The largest absolute Gasteiger partial charge is 0.378 e. The first-order valence-electron chi connectivity index (χ1n) is 12.1. The molecule has 4 rings (SSSR count). The number of carbonyl (C=O) groups excluding carboxylic acids is 1. The fourth-order valence-corrected chi connectivity index (χ4v) is 4.02. The molecular weight excluding hydrogens is 447 g/mol. The summed E-state index contributed by atoms with van der Waals surface area (Å²) in [7, 11) is 0. The molecule has 1 fully saturated rings. The standard InChI is InChI=1S/C27H33FN4O3/c1-19(2)12-13-32(27(33)29-21-10-8-20(3)9-11-21)18-23-25(22-6-4-5-7-24(22)28)30-35-26(23)31-14-16-34-17-15-31/h4-11,19H,12-18H2,1-3H3,(H,29,33). The topological polar surface area (TPSA) is 70.8 Å². The van der Waals surface area contributed by atoms with E-state index in [9.17, 15) is 9.18 Å². The second-order valence-electron chi connectivity index (χ2n) is 9.29. The molecule has 1 aliphatic heterocycles. The molecule has 8 heteroatoms. The number of rotatable bonds is 8. The normalized spacial score (nSPS) is 13.8. The summed E-state index contributed by atoms with van der Waals surface area (Å²) in [4.78, 5) is 17.2. The van der Waals surface area contributed by atoms with Gasteiger partial charge in [0.2, 0.25) is 5.88 Å². The number of carbonyl (C=O) groups is 1. The molecule has 0 saturated carbocycles. The SMILES string of the molecule is Cc1ccc(NC(=O)N(CCC(C)C)Cc2c(-c3ccccc3F)noc2N2CCOCC2)cc1. The number of urea groups is 1. The molecule has 0 unspecified atom stereocenters. The van der Waals surface area contributed by atoms with Crippen molar-refractivity contribution in [1.82, 2.24) is 10.1 Å². The Kier molecular flexibility index (Phi) is 8.02. The number of halogens is 1. The zero-order chi connectivity index (χ0) is 24.8. The quantitative estimate of drug-likeness (QED) is 0.447. The maximum Gasteiger partial charge on any atom is 0.322 e. The molecule has 2 amide bonds. The van der Waals surface area contributed by atoms with Crippen LogP contribution in [-0.4, -0.2) is 48.9 Å². The van der Waals surface area contributed by atoms with Crippen LogP contribution in [0.4, 0.5) is 20.8 Å². The summed E-state index contributed by atoms with van der Waals surface area (Å²) < 4.78 is 26.0. The summed E-state index contributed by atoms with van der Waals surface area (Å²) in [6, 6.07) is 14.0. The number of nitrogens with one attached hydrogen (secondary N) is 1.